The van der Waals surface area contributed by atoms with Gasteiger partial charge in [0.1, 0.15) is 0 Å². The Morgan fingerprint density at radius 3 is 2.89 bits per heavy atom. The third kappa shape index (κ3) is 3.71. The van der Waals surface area contributed by atoms with Crippen LogP contribution in [0.25, 0.3) is 0 Å². The van der Waals surface area contributed by atoms with Crippen molar-refractivity contribution in [2.75, 3.05) is 19.6 Å². The van der Waals surface area contributed by atoms with Gasteiger partial charge in [0.05, 0.1) is 0 Å². The molecule has 3 heteroatoms. The predicted octanol–water partition coefficient (Wildman–Crippen LogP) is 3.57. The molecule has 1 aromatic rings. The van der Waals surface area contributed by atoms with E-state index in [-0.39, 0.29) is 0 Å². The average molecular weight is 281 g/mol. The van der Waals surface area contributed by atoms with Crippen molar-refractivity contribution in [1.82, 2.24) is 4.90 Å². The van der Waals surface area contributed by atoms with E-state index in [0.717, 1.165) is 11.6 Å². The quantitative estimate of drug-likeness (QED) is 0.914. The fourth-order valence-corrected chi connectivity index (χ4v) is 3.24. The number of nitrogens with zero attached hydrogens (tertiary/aromatic N) is 1. The minimum Gasteiger partial charge on any atom is -0.330 e. The zero-order valence-corrected chi connectivity index (χ0v) is 12.8. The second-order valence-corrected chi connectivity index (χ2v) is 6.21. The first-order valence-corrected chi connectivity index (χ1v) is 7.69. The van der Waals surface area contributed by atoms with Gasteiger partial charge in [0.15, 0.2) is 0 Å². The van der Waals surface area contributed by atoms with Crippen LogP contribution in [0.4, 0.5) is 0 Å². The third-order valence-corrected chi connectivity index (χ3v) is 4.60. The SMILES string of the molecule is Cc1ccc(Cl)cc1C(CN)CN1CCCCC1C. The van der Waals surface area contributed by atoms with E-state index in [2.05, 4.69) is 30.9 Å². The van der Waals surface area contributed by atoms with Gasteiger partial charge in [-0.2, -0.15) is 0 Å². The minimum absolute atomic E-state index is 0.388. The third-order valence-electron chi connectivity index (χ3n) is 4.36. The molecule has 106 valence electrons. The van der Waals surface area contributed by atoms with E-state index in [1.165, 1.54) is 36.9 Å². The Morgan fingerprint density at radius 1 is 1.42 bits per heavy atom. The largest absolute Gasteiger partial charge is 0.330 e. The number of nitrogens with two attached hydrogens (primary N) is 1. The molecule has 0 bridgehead atoms. The minimum atomic E-state index is 0.388. The van der Waals surface area contributed by atoms with Gasteiger partial charge in [-0.3, -0.25) is 0 Å². The highest BCUT2D eigenvalue weighted by Gasteiger charge is 2.22. The van der Waals surface area contributed by atoms with Crippen LogP contribution in [0.15, 0.2) is 18.2 Å². The van der Waals surface area contributed by atoms with Crippen LogP contribution in [0.1, 0.15) is 43.2 Å². The van der Waals surface area contributed by atoms with E-state index in [1.807, 2.05) is 6.07 Å². The summed E-state index contributed by atoms with van der Waals surface area (Å²) in [5.41, 5.74) is 8.63. The Hall–Kier alpha value is -0.570. The molecule has 1 saturated heterocycles. The molecule has 2 nitrogen and oxygen atoms in total. The Kier molecular flexibility index (Phi) is 5.26. The highest BCUT2D eigenvalue weighted by atomic mass is 35.5. The highest BCUT2D eigenvalue weighted by Crippen LogP contribution is 2.26. The predicted molar refractivity (Wildman–Crippen MR) is 82.9 cm³/mol. The zero-order chi connectivity index (χ0) is 13.8. The molecule has 0 aliphatic carbocycles. The number of halogens is 1. The van der Waals surface area contributed by atoms with Gasteiger partial charge in [-0.15, -0.1) is 0 Å². The Labute approximate surface area is 121 Å². The molecule has 0 saturated carbocycles. The summed E-state index contributed by atoms with van der Waals surface area (Å²) in [6.45, 7) is 7.42. The summed E-state index contributed by atoms with van der Waals surface area (Å²) in [7, 11) is 0. The van der Waals surface area contributed by atoms with Crippen LogP contribution in [0.2, 0.25) is 5.02 Å². The summed E-state index contributed by atoms with van der Waals surface area (Å²) in [6.07, 6.45) is 3.99. The Bertz CT molecular complexity index is 419. The van der Waals surface area contributed by atoms with Gasteiger partial charge in [0.25, 0.3) is 0 Å². The Morgan fingerprint density at radius 2 is 2.21 bits per heavy atom. The molecule has 2 unspecified atom stereocenters. The van der Waals surface area contributed by atoms with Gasteiger partial charge in [-0.1, -0.05) is 24.1 Å². The van der Waals surface area contributed by atoms with Crippen LogP contribution in [0.5, 0.6) is 0 Å². The smallest absolute Gasteiger partial charge is 0.0409 e. The van der Waals surface area contributed by atoms with E-state index >= 15 is 0 Å². The molecule has 19 heavy (non-hydrogen) atoms. The second-order valence-electron chi connectivity index (χ2n) is 5.77. The van der Waals surface area contributed by atoms with Crippen molar-refractivity contribution in [3.8, 4) is 0 Å². The topological polar surface area (TPSA) is 29.3 Å². The molecule has 2 atom stereocenters. The fraction of sp³-hybridized carbons (Fsp3) is 0.625. The summed E-state index contributed by atoms with van der Waals surface area (Å²) in [5, 5.41) is 0.811. The fourth-order valence-electron chi connectivity index (χ4n) is 3.06. The van der Waals surface area contributed by atoms with Crippen molar-refractivity contribution >= 4 is 11.6 Å². The molecule has 2 rings (SSSR count). The summed E-state index contributed by atoms with van der Waals surface area (Å²) in [5.74, 6) is 0.388. The summed E-state index contributed by atoms with van der Waals surface area (Å²) < 4.78 is 0. The maximum absolute atomic E-state index is 6.13. The van der Waals surface area contributed by atoms with Crippen molar-refractivity contribution in [2.45, 2.75) is 45.1 Å². The van der Waals surface area contributed by atoms with Crippen LogP contribution in [-0.2, 0) is 0 Å². The van der Waals surface area contributed by atoms with Crippen molar-refractivity contribution in [2.24, 2.45) is 5.73 Å². The van der Waals surface area contributed by atoms with Crippen LogP contribution < -0.4 is 5.73 Å². The van der Waals surface area contributed by atoms with Crippen LogP contribution >= 0.6 is 11.6 Å². The number of hydrogen-bond acceptors (Lipinski definition) is 2. The van der Waals surface area contributed by atoms with Gasteiger partial charge in [0.2, 0.25) is 0 Å². The summed E-state index contributed by atoms with van der Waals surface area (Å²) >= 11 is 6.13. The van der Waals surface area contributed by atoms with Crippen LogP contribution in [0, 0.1) is 6.92 Å². The van der Waals surface area contributed by atoms with E-state index in [9.17, 15) is 0 Å². The molecule has 0 spiro atoms. The lowest BCUT2D eigenvalue weighted by molar-refractivity contribution is 0.151. The van der Waals surface area contributed by atoms with Gasteiger partial charge in [-0.25, -0.2) is 0 Å². The maximum atomic E-state index is 6.13. The van der Waals surface area contributed by atoms with Gasteiger partial charge >= 0.3 is 0 Å². The van der Waals surface area contributed by atoms with E-state index in [4.69, 9.17) is 17.3 Å². The van der Waals surface area contributed by atoms with Crippen molar-refractivity contribution < 1.29 is 0 Å². The molecule has 1 heterocycles. The highest BCUT2D eigenvalue weighted by molar-refractivity contribution is 6.30. The lowest BCUT2D eigenvalue weighted by Crippen LogP contribution is -2.41. The molecule has 1 aliphatic rings. The first-order chi connectivity index (χ1) is 9.11. The van der Waals surface area contributed by atoms with Crippen molar-refractivity contribution in [3.05, 3.63) is 34.3 Å². The lowest BCUT2D eigenvalue weighted by Gasteiger charge is -2.36. The number of aryl methyl sites for hydroxylation is 1. The number of likely N-dealkylation sites (tertiary alicyclic amines) is 1. The Balaban J connectivity index is 2.13. The second kappa shape index (κ2) is 6.74. The summed E-state index contributed by atoms with van der Waals surface area (Å²) in [4.78, 5) is 2.58. The zero-order valence-electron chi connectivity index (χ0n) is 12.0. The lowest BCUT2D eigenvalue weighted by atomic mass is 9.92. The molecule has 2 N–H and O–H groups in total. The maximum Gasteiger partial charge on any atom is 0.0409 e. The monoisotopic (exact) mass is 280 g/mol. The van der Waals surface area contributed by atoms with E-state index in [0.29, 0.717) is 18.5 Å². The van der Waals surface area contributed by atoms with E-state index in [1.54, 1.807) is 0 Å². The molecule has 1 fully saturated rings. The molecule has 0 amide bonds. The first-order valence-electron chi connectivity index (χ1n) is 7.32. The number of hydrogen-bond donors (Lipinski definition) is 1. The number of benzene rings is 1. The molecule has 0 aromatic heterocycles. The molecule has 0 radical (unpaired) electrons. The molecular weight excluding hydrogens is 256 g/mol. The molecule has 1 aromatic carbocycles. The van der Waals surface area contributed by atoms with E-state index < -0.39 is 0 Å². The van der Waals surface area contributed by atoms with Crippen molar-refractivity contribution in [1.29, 1.82) is 0 Å². The normalized spacial score (nSPS) is 22.4. The van der Waals surface area contributed by atoms with Gasteiger partial charge in [-0.05, 0) is 56.5 Å². The average Bonchev–Trinajstić information content (AvgIpc) is 2.41. The molecule has 1 aliphatic heterocycles. The summed E-state index contributed by atoms with van der Waals surface area (Å²) in [6, 6.07) is 6.82. The number of rotatable bonds is 4. The standard InChI is InChI=1S/C16H25ClN2/c1-12-6-7-15(17)9-16(12)14(10-18)11-19-8-4-3-5-13(19)2/h6-7,9,13-14H,3-5,8,10-11,18H2,1-2H3. The van der Waals surface area contributed by atoms with Gasteiger partial charge in [0, 0.05) is 30.1 Å². The first kappa shape index (κ1) is 14.8. The van der Waals surface area contributed by atoms with Crippen molar-refractivity contribution in [3.63, 3.8) is 0 Å². The van der Waals surface area contributed by atoms with Crippen LogP contribution in [0.3, 0.4) is 0 Å². The van der Waals surface area contributed by atoms with Crippen LogP contribution in [-0.4, -0.2) is 30.6 Å². The molecular formula is C16H25ClN2. The number of piperidine rings is 1. The van der Waals surface area contributed by atoms with Gasteiger partial charge < -0.3 is 10.6 Å².